The third-order valence-corrected chi connectivity index (χ3v) is 3.47. The molecule has 0 unspecified atom stereocenters. The topological polar surface area (TPSA) is 46.2 Å². The monoisotopic (exact) mass is 211 g/mol. The molecule has 3 heteroatoms. The lowest BCUT2D eigenvalue weighted by molar-refractivity contribution is 0.464. The zero-order valence-electron chi connectivity index (χ0n) is 8.29. The standard InChI is InChI=1S/C11H14ClNO/c1-11(2)9(10(11)13)7-4-3-6(12)5-8(7)14/h3-5,9-10,14H,13H2,1-2H3/t9-,10-/m0/s1. The Balaban J connectivity index is 2.36. The third-order valence-electron chi connectivity index (χ3n) is 3.24. The molecule has 1 saturated carbocycles. The quantitative estimate of drug-likeness (QED) is 0.750. The van der Waals surface area contributed by atoms with Crippen molar-refractivity contribution in [1.82, 2.24) is 0 Å². The number of hydrogen-bond donors (Lipinski definition) is 2. The third kappa shape index (κ3) is 1.30. The molecular weight excluding hydrogens is 198 g/mol. The molecule has 1 aromatic rings. The van der Waals surface area contributed by atoms with Crippen molar-refractivity contribution in [3.8, 4) is 5.75 Å². The van der Waals surface area contributed by atoms with Gasteiger partial charge >= 0.3 is 0 Å². The van der Waals surface area contributed by atoms with Crippen LogP contribution in [0.4, 0.5) is 0 Å². The van der Waals surface area contributed by atoms with E-state index in [2.05, 4.69) is 13.8 Å². The van der Waals surface area contributed by atoms with Crippen molar-refractivity contribution < 1.29 is 5.11 Å². The molecule has 0 heterocycles. The Morgan fingerprint density at radius 3 is 2.43 bits per heavy atom. The maximum atomic E-state index is 9.71. The molecule has 76 valence electrons. The largest absolute Gasteiger partial charge is 0.508 e. The smallest absolute Gasteiger partial charge is 0.120 e. The predicted molar refractivity (Wildman–Crippen MR) is 57.6 cm³/mol. The minimum Gasteiger partial charge on any atom is -0.508 e. The highest BCUT2D eigenvalue weighted by Gasteiger charge is 2.56. The normalized spacial score (nSPS) is 28.9. The van der Waals surface area contributed by atoms with Gasteiger partial charge in [-0.25, -0.2) is 0 Å². The van der Waals surface area contributed by atoms with Crippen LogP contribution < -0.4 is 5.73 Å². The second-order valence-electron chi connectivity index (χ2n) is 4.53. The van der Waals surface area contributed by atoms with E-state index >= 15 is 0 Å². The molecule has 2 nitrogen and oxygen atoms in total. The first kappa shape index (κ1) is 9.81. The maximum Gasteiger partial charge on any atom is 0.120 e. The average Bonchev–Trinajstić information content (AvgIpc) is 2.54. The summed E-state index contributed by atoms with van der Waals surface area (Å²) in [7, 11) is 0. The summed E-state index contributed by atoms with van der Waals surface area (Å²) in [6, 6.07) is 5.35. The lowest BCUT2D eigenvalue weighted by atomic mass is 10.0. The van der Waals surface area contributed by atoms with Crippen molar-refractivity contribution in [1.29, 1.82) is 0 Å². The summed E-state index contributed by atoms with van der Waals surface area (Å²) in [4.78, 5) is 0. The molecule has 1 aromatic carbocycles. The summed E-state index contributed by atoms with van der Waals surface area (Å²) >= 11 is 5.76. The molecule has 0 spiro atoms. The average molecular weight is 212 g/mol. The summed E-state index contributed by atoms with van der Waals surface area (Å²) in [5.74, 6) is 0.503. The van der Waals surface area contributed by atoms with Crippen LogP contribution in [0.25, 0.3) is 0 Å². The van der Waals surface area contributed by atoms with E-state index in [0.717, 1.165) is 5.56 Å². The molecule has 0 bridgehead atoms. The summed E-state index contributed by atoms with van der Waals surface area (Å²) in [5, 5.41) is 10.3. The lowest BCUT2D eigenvalue weighted by Crippen LogP contribution is -2.06. The molecule has 1 aliphatic carbocycles. The molecule has 1 aliphatic rings. The molecule has 0 saturated heterocycles. The van der Waals surface area contributed by atoms with Crippen molar-refractivity contribution in [2.75, 3.05) is 0 Å². The van der Waals surface area contributed by atoms with Gasteiger partial charge in [-0.15, -0.1) is 0 Å². The zero-order valence-corrected chi connectivity index (χ0v) is 9.05. The van der Waals surface area contributed by atoms with Gasteiger partial charge in [-0.2, -0.15) is 0 Å². The number of phenolic OH excluding ortho intramolecular Hbond substituents is 1. The van der Waals surface area contributed by atoms with Gasteiger partial charge < -0.3 is 10.8 Å². The fraction of sp³-hybridized carbons (Fsp3) is 0.455. The molecule has 3 N–H and O–H groups in total. The van der Waals surface area contributed by atoms with Crippen LogP contribution in [0.5, 0.6) is 5.75 Å². The molecule has 0 aliphatic heterocycles. The Bertz CT molecular complexity index is 376. The highest BCUT2D eigenvalue weighted by Crippen LogP contribution is 2.59. The number of nitrogens with two attached hydrogens (primary N) is 1. The summed E-state index contributed by atoms with van der Waals surface area (Å²) in [6.45, 7) is 4.22. The van der Waals surface area contributed by atoms with Gasteiger partial charge in [0.25, 0.3) is 0 Å². The van der Waals surface area contributed by atoms with E-state index in [1.807, 2.05) is 6.07 Å². The SMILES string of the molecule is CC1(C)[C@@H](N)[C@@H]1c1ccc(Cl)cc1O. The first-order chi connectivity index (χ1) is 6.44. The van der Waals surface area contributed by atoms with Crippen LogP contribution in [-0.2, 0) is 0 Å². The van der Waals surface area contributed by atoms with Crippen LogP contribution in [0, 0.1) is 5.41 Å². The molecule has 0 aromatic heterocycles. The van der Waals surface area contributed by atoms with Gasteiger partial charge in [-0.05, 0) is 23.1 Å². The van der Waals surface area contributed by atoms with Crippen molar-refractivity contribution >= 4 is 11.6 Å². The molecule has 14 heavy (non-hydrogen) atoms. The number of rotatable bonds is 1. The highest BCUT2D eigenvalue weighted by atomic mass is 35.5. The molecule has 1 fully saturated rings. The van der Waals surface area contributed by atoms with E-state index < -0.39 is 0 Å². The van der Waals surface area contributed by atoms with Crippen LogP contribution >= 0.6 is 11.6 Å². The minimum absolute atomic E-state index is 0.0886. The zero-order chi connectivity index (χ0) is 10.5. The minimum atomic E-state index is 0.0886. The van der Waals surface area contributed by atoms with Crippen molar-refractivity contribution in [3.05, 3.63) is 28.8 Å². The summed E-state index contributed by atoms with van der Waals surface area (Å²) < 4.78 is 0. The van der Waals surface area contributed by atoms with E-state index in [-0.39, 0.29) is 23.1 Å². The van der Waals surface area contributed by atoms with Crippen molar-refractivity contribution in [3.63, 3.8) is 0 Å². The number of benzene rings is 1. The highest BCUT2D eigenvalue weighted by molar-refractivity contribution is 6.30. The maximum absolute atomic E-state index is 9.71. The fourth-order valence-corrected chi connectivity index (χ4v) is 2.22. The Morgan fingerprint density at radius 1 is 1.43 bits per heavy atom. The molecule has 2 rings (SSSR count). The second-order valence-corrected chi connectivity index (χ2v) is 4.96. The van der Waals surface area contributed by atoms with E-state index in [1.54, 1.807) is 12.1 Å². The Kier molecular flexibility index (Phi) is 2.02. The number of halogens is 1. The van der Waals surface area contributed by atoms with Crippen LogP contribution in [0.1, 0.15) is 25.3 Å². The van der Waals surface area contributed by atoms with Crippen LogP contribution in [0.15, 0.2) is 18.2 Å². The first-order valence-corrected chi connectivity index (χ1v) is 5.06. The second kappa shape index (κ2) is 2.88. The summed E-state index contributed by atoms with van der Waals surface area (Å²) in [6.07, 6.45) is 0. The van der Waals surface area contributed by atoms with Crippen LogP contribution in [0.3, 0.4) is 0 Å². The van der Waals surface area contributed by atoms with Crippen LogP contribution in [0.2, 0.25) is 5.02 Å². The van der Waals surface area contributed by atoms with Gasteiger partial charge in [0.1, 0.15) is 5.75 Å². The van der Waals surface area contributed by atoms with E-state index in [4.69, 9.17) is 17.3 Å². The van der Waals surface area contributed by atoms with Crippen molar-refractivity contribution in [2.45, 2.75) is 25.8 Å². The molecule has 2 atom stereocenters. The molecule has 0 amide bonds. The summed E-state index contributed by atoms with van der Waals surface area (Å²) in [5.41, 5.74) is 6.94. The lowest BCUT2D eigenvalue weighted by Gasteiger charge is -2.05. The number of aromatic hydroxyl groups is 1. The van der Waals surface area contributed by atoms with Gasteiger partial charge in [-0.3, -0.25) is 0 Å². The molecular formula is C11H14ClNO. The van der Waals surface area contributed by atoms with Gasteiger partial charge in [0.05, 0.1) is 0 Å². The molecule has 0 radical (unpaired) electrons. The fourth-order valence-electron chi connectivity index (χ4n) is 2.05. The van der Waals surface area contributed by atoms with Gasteiger partial charge in [0, 0.05) is 17.0 Å². The number of phenols is 1. The Labute approximate surface area is 88.7 Å². The van der Waals surface area contributed by atoms with E-state index in [9.17, 15) is 5.11 Å². The van der Waals surface area contributed by atoms with Gasteiger partial charge in [-0.1, -0.05) is 31.5 Å². The van der Waals surface area contributed by atoms with Crippen molar-refractivity contribution in [2.24, 2.45) is 11.1 Å². The van der Waals surface area contributed by atoms with Gasteiger partial charge in [0.15, 0.2) is 0 Å². The van der Waals surface area contributed by atoms with Crippen LogP contribution in [-0.4, -0.2) is 11.1 Å². The predicted octanol–water partition coefficient (Wildman–Crippen LogP) is 2.50. The van der Waals surface area contributed by atoms with Gasteiger partial charge in [0.2, 0.25) is 0 Å². The first-order valence-electron chi connectivity index (χ1n) is 4.68. The van der Waals surface area contributed by atoms with E-state index in [1.165, 1.54) is 0 Å². The van der Waals surface area contributed by atoms with E-state index in [0.29, 0.717) is 5.02 Å². The number of hydrogen-bond acceptors (Lipinski definition) is 2. The Morgan fingerprint density at radius 2 is 2.00 bits per heavy atom. The Hall–Kier alpha value is -0.730.